The first-order chi connectivity index (χ1) is 17.6. The van der Waals surface area contributed by atoms with Gasteiger partial charge in [0, 0.05) is 49.2 Å². The Morgan fingerprint density at radius 2 is 1.78 bits per heavy atom. The highest BCUT2D eigenvalue weighted by Crippen LogP contribution is 2.38. The summed E-state index contributed by atoms with van der Waals surface area (Å²) in [6, 6.07) is 12.6. The molecule has 5 rings (SSSR count). The minimum absolute atomic E-state index is 0.0268. The molecule has 192 valence electrons. The van der Waals surface area contributed by atoms with Crippen LogP contribution in [0.5, 0.6) is 0 Å². The smallest absolute Gasteiger partial charge is 0.410 e. The van der Waals surface area contributed by atoms with E-state index in [-0.39, 0.29) is 24.0 Å². The number of hydrogen-bond acceptors (Lipinski definition) is 6. The zero-order chi connectivity index (χ0) is 26.3. The zero-order valence-electron chi connectivity index (χ0n) is 21.7. The van der Waals surface area contributed by atoms with E-state index in [4.69, 9.17) is 9.72 Å². The van der Waals surface area contributed by atoms with E-state index in [1.807, 2.05) is 64.2 Å². The predicted molar refractivity (Wildman–Crippen MR) is 141 cm³/mol. The van der Waals surface area contributed by atoms with Crippen molar-refractivity contribution in [2.75, 3.05) is 18.0 Å². The zero-order valence-corrected chi connectivity index (χ0v) is 21.7. The van der Waals surface area contributed by atoms with E-state index in [0.29, 0.717) is 24.6 Å². The van der Waals surface area contributed by atoms with Crippen LogP contribution in [0.3, 0.4) is 0 Å². The Morgan fingerprint density at radius 1 is 1.03 bits per heavy atom. The molecule has 8 nitrogen and oxygen atoms in total. The number of nitrogens with zero attached hydrogens (tertiary/aromatic N) is 6. The highest BCUT2D eigenvalue weighted by molar-refractivity contribution is 6.02. The number of anilines is 1. The van der Waals surface area contributed by atoms with Gasteiger partial charge in [0.1, 0.15) is 29.4 Å². The number of carbonyl (C=O) groups is 1. The summed E-state index contributed by atoms with van der Waals surface area (Å²) in [5, 5.41) is 0.851. The number of rotatable bonds is 3. The van der Waals surface area contributed by atoms with Gasteiger partial charge >= 0.3 is 6.09 Å². The lowest BCUT2D eigenvalue weighted by molar-refractivity contribution is 0.0130. The fraction of sp³-hybridized carbons (Fsp3) is 0.357. The lowest BCUT2D eigenvalue weighted by atomic mass is 10.0. The monoisotopic (exact) mass is 502 g/mol. The van der Waals surface area contributed by atoms with Crippen molar-refractivity contribution in [3.05, 3.63) is 67.0 Å². The molecular weight excluding hydrogens is 471 g/mol. The summed E-state index contributed by atoms with van der Waals surface area (Å²) in [7, 11) is 0. The molecule has 0 saturated carbocycles. The summed E-state index contributed by atoms with van der Waals surface area (Å²) >= 11 is 0. The minimum atomic E-state index is -0.561. The largest absolute Gasteiger partial charge is 0.444 e. The van der Waals surface area contributed by atoms with E-state index in [0.717, 1.165) is 22.3 Å². The van der Waals surface area contributed by atoms with Crippen molar-refractivity contribution >= 4 is 22.9 Å². The lowest BCUT2D eigenvalue weighted by Gasteiger charge is -2.44. The summed E-state index contributed by atoms with van der Waals surface area (Å²) < 4.78 is 21.6. The molecule has 0 unspecified atom stereocenters. The highest BCUT2D eigenvalue weighted by Gasteiger charge is 2.36. The van der Waals surface area contributed by atoms with Gasteiger partial charge in [-0.15, -0.1) is 0 Å². The molecule has 3 aromatic heterocycles. The molecular formula is C28H31FN6O2. The minimum Gasteiger partial charge on any atom is -0.444 e. The van der Waals surface area contributed by atoms with E-state index < -0.39 is 5.60 Å². The van der Waals surface area contributed by atoms with Crippen molar-refractivity contribution in [2.45, 2.75) is 52.3 Å². The van der Waals surface area contributed by atoms with E-state index in [1.165, 1.54) is 24.7 Å². The Labute approximate surface area is 215 Å². The van der Waals surface area contributed by atoms with Gasteiger partial charge in [-0.2, -0.15) is 0 Å². The van der Waals surface area contributed by atoms with Gasteiger partial charge in [-0.25, -0.2) is 24.1 Å². The number of ether oxygens (including phenoxy) is 1. The second-order valence-corrected chi connectivity index (χ2v) is 10.5. The van der Waals surface area contributed by atoms with Crippen molar-refractivity contribution in [3.63, 3.8) is 0 Å². The van der Waals surface area contributed by atoms with E-state index in [1.54, 1.807) is 9.47 Å². The highest BCUT2D eigenvalue weighted by atomic mass is 19.1. The summed E-state index contributed by atoms with van der Waals surface area (Å²) in [4.78, 5) is 30.6. The molecule has 0 radical (unpaired) electrons. The Morgan fingerprint density at radius 3 is 2.49 bits per heavy atom. The summed E-state index contributed by atoms with van der Waals surface area (Å²) in [5.41, 5.74) is 1.99. The number of pyridine rings is 1. The number of benzene rings is 1. The fourth-order valence-corrected chi connectivity index (χ4v) is 4.80. The van der Waals surface area contributed by atoms with Crippen LogP contribution < -0.4 is 4.90 Å². The van der Waals surface area contributed by atoms with Crippen molar-refractivity contribution in [3.8, 4) is 16.9 Å². The van der Waals surface area contributed by atoms with Gasteiger partial charge in [-0.05, 0) is 46.2 Å². The number of halogens is 1. The number of amides is 1. The van der Waals surface area contributed by atoms with Gasteiger partial charge < -0.3 is 14.5 Å². The van der Waals surface area contributed by atoms with Crippen LogP contribution in [0.4, 0.5) is 15.0 Å². The van der Waals surface area contributed by atoms with Crippen LogP contribution in [0.1, 0.15) is 34.6 Å². The third-order valence-corrected chi connectivity index (χ3v) is 6.49. The van der Waals surface area contributed by atoms with Gasteiger partial charge in [0.25, 0.3) is 0 Å². The molecule has 1 aliphatic heterocycles. The molecule has 0 N–H and O–H groups in total. The summed E-state index contributed by atoms with van der Waals surface area (Å²) in [6.07, 6.45) is 4.60. The molecule has 1 amide bonds. The maximum Gasteiger partial charge on any atom is 0.410 e. The average molecular weight is 503 g/mol. The van der Waals surface area contributed by atoms with Crippen LogP contribution in [0, 0.1) is 5.82 Å². The first kappa shape index (κ1) is 24.7. The molecule has 1 aromatic carbocycles. The molecule has 0 bridgehead atoms. The quantitative estimate of drug-likeness (QED) is 0.371. The van der Waals surface area contributed by atoms with Crippen LogP contribution in [0.25, 0.3) is 28.0 Å². The van der Waals surface area contributed by atoms with Crippen LogP contribution in [0.15, 0.2) is 61.2 Å². The van der Waals surface area contributed by atoms with E-state index >= 15 is 0 Å². The second kappa shape index (κ2) is 9.46. The molecule has 0 aliphatic carbocycles. The molecule has 9 heteroatoms. The Balaban J connectivity index is 1.60. The first-order valence-corrected chi connectivity index (χ1v) is 12.4. The summed E-state index contributed by atoms with van der Waals surface area (Å²) in [6.45, 7) is 10.8. The molecule has 37 heavy (non-hydrogen) atoms. The Bertz CT molecular complexity index is 1430. The molecule has 1 saturated heterocycles. The topological polar surface area (TPSA) is 76.4 Å². The lowest BCUT2D eigenvalue weighted by Crippen LogP contribution is -2.59. The predicted octanol–water partition coefficient (Wildman–Crippen LogP) is 5.46. The Kier molecular flexibility index (Phi) is 6.31. The summed E-state index contributed by atoms with van der Waals surface area (Å²) in [5.74, 6) is 0.832. The molecule has 1 fully saturated rings. The maximum absolute atomic E-state index is 14.1. The molecule has 4 heterocycles. The molecule has 2 atom stereocenters. The van der Waals surface area contributed by atoms with Crippen molar-refractivity contribution < 1.29 is 13.9 Å². The van der Waals surface area contributed by atoms with Crippen LogP contribution in [0.2, 0.25) is 0 Å². The fourth-order valence-electron chi connectivity index (χ4n) is 4.80. The van der Waals surface area contributed by atoms with Gasteiger partial charge in [-0.3, -0.25) is 4.57 Å². The van der Waals surface area contributed by atoms with Gasteiger partial charge in [0.15, 0.2) is 5.65 Å². The molecule has 1 aliphatic rings. The third-order valence-electron chi connectivity index (χ3n) is 6.49. The number of carbonyl (C=O) groups excluding carboxylic acids is 1. The molecule has 4 aromatic rings. The maximum atomic E-state index is 14.1. The van der Waals surface area contributed by atoms with Crippen molar-refractivity contribution in [2.24, 2.45) is 0 Å². The average Bonchev–Trinajstić information content (AvgIpc) is 3.25. The van der Waals surface area contributed by atoms with Gasteiger partial charge in [0.2, 0.25) is 0 Å². The van der Waals surface area contributed by atoms with Crippen molar-refractivity contribution in [1.29, 1.82) is 0 Å². The van der Waals surface area contributed by atoms with Crippen LogP contribution in [-0.2, 0) is 4.74 Å². The second-order valence-electron chi connectivity index (χ2n) is 10.5. The first-order valence-electron chi connectivity index (χ1n) is 12.4. The van der Waals surface area contributed by atoms with E-state index in [9.17, 15) is 9.18 Å². The van der Waals surface area contributed by atoms with E-state index in [2.05, 4.69) is 21.8 Å². The van der Waals surface area contributed by atoms with Gasteiger partial charge in [0.05, 0.1) is 5.39 Å². The molecule has 0 spiro atoms. The van der Waals surface area contributed by atoms with Gasteiger partial charge in [-0.1, -0.05) is 30.3 Å². The van der Waals surface area contributed by atoms with Crippen molar-refractivity contribution in [1.82, 2.24) is 24.4 Å². The number of aromatic nitrogens is 4. The number of fused-ring (bicyclic) bond motifs is 1. The third kappa shape index (κ3) is 4.85. The Hall–Kier alpha value is -4.01. The number of hydrogen-bond donors (Lipinski definition) is 0. The normalized spacial score (nSPS) is 18.3. The standard InChI is InChI=1S/C28H31FN6O2/c1-18-15-34(27(36)37-28(3,4)5)19(2)14-33(18)25-24-22(20-9-7-6-8-10-20)16-35(26(24)32-17-31-25)23-13-21(29)11-12-30-23/h6-13,16-19H,14-15H2,1-5H3/t18-,19+/m0/s1. The van der Waals surface area contributed by atoms with Crippen LogP contribution >= 0.6 is 0 Å². The van der Waals surface area contributed by atoms with Crippen LogP contribution in [-0.4, -0.2) is 61.3 Å². The number of piperazine rings is 1. The SMILES string of the molecule is C[C@@H]1CN(c2ncnc3c2c(-c2ccccc2)cn3-c2cc(F)ccn2)[C@@H](C)CN1C(=O)OC(C)(C)C.